The van der Waals surface area contributed by atoms with Crippen molar-refractivity contribution >= 4 is 40.7 Å². The molecule has 0 aliphatic carbocycles. The van der Waals surface area contributed by atoms with E-state index in [2.05, 4.69) is 5.32 Å². The second-order valence-corrected chi connectivity index (χ2v) is 5.23. The van der Waals surface area contributed by atoms with Crippen molar-refractivity contribution in [3.05, 3.63) is 35.9 Å². The Kier molecular flexibility index (Phi) is 4.22. The molecule has 0 radical (unpaired) electrons. The van der Waals surface area contributed by atoms with E-state index in [9.17, 15) is 4.79 Å². The van der Waals surface area contributed by atoms with Crippen LogP contribution in [0.2, 0.25) is 0 Å². The predicted molar refractivity (Wildman–Crippen MR) is 62.2 cm³/mol. The first kappa shape index (κ1) is 12.6. The van der Waals surface area contributed by atoms with Crippen molar-refractivity contribution in [1.29, 1.82) is 0 Å². The molecule has 0 aliphatic heterocycles. The highest BCUT2D eigenvalue weighted by atomic mass is 35.6. The highest BCUT2D eigenvalue weighted by molar-refractivity contribution is 6.68. The minimum Gasteiger partial charge on any atom is -0.333 e. The molecule has 1 aromatic rings. The van der Waals surface area contributed by atoms with Gasteiger partial charge in [-0.2, -0.15) is 0 Å². The average molecular weight is 268 g/mol. The zero-order valence-corrected chi connectivity index (χ0v) is 9.85. The van der Waals surface area contributed by atoms with Crippen molar-refractivity contribution in [2.45, 2.75) is 9.96 Å². The molecule has 15 heavy (non-hydrogen) atoms. The van der Waals surface area contributed by atoms with E-state index in [-0.39, 0.29) is 5.91 Å². The monoisotopic (exact) mass is 266 g/mol. The molecule has 1 rings (SSSR count). The van der Waals surface area contributed by atoms with Gasteiger partial charge in [0.05, 0.1) is 0 Å². The van der Waals surface area contributed by atoms with Gasteiger partial charge in [-0.1, -0.05) is 53.0 Å². The summed E-state index contributed by atoms with van der Waals surface area (Å²) in [6.45, 7) is 0. The lowest BCUT2D eigenvalue weighted by Crippen LogP contribution is -2.50. The maximum Gasteiger partial charge on any atom is 0.252 e. The van der Waals surface area contributed by atoms with Crippen LogP contribution in [-0.4, -0.2) is 15.9 Å². The Labute approximate surface area is 102 Å². The molecular formula is C9H9Cl3N2O. The molecule has 0 spiro atoms. The lowest BCUT2D eigenvalue weighted by Gasteiger charge is -2.21. The normalized spacial score (nSPS) is 13.3. The first-order valence-corrected chi connectivity index (χ1v) is 5.23. The number of amides is 1. The Morgan fingerprint density at radius 2 is 1.80 bits per heavy atom. The fourth-order valence-corrected chi connectivity index (χ4v) is 1.06. The van der Waals surface area contributed by atoms with Crippen molar-refractivity contribution in [3.63, 3.8) is 0 Å². The van der Waals surface area contributed by atoms with Gasteiger partial charge in [0.2, 0.25) is 3.79 Å². The third kappa shape index (κ3) is 3.87. The summed E-state index contributed by atoms with van der Waals surface area (Å²) in [4.78, 5) is 11.5. The van der Waals surface area contributed by atoms with Crippen LogP contribution in [0.15, 0.2) is 30.3 Å². The third-order valence-electron chi connectivity index (χ3n) is 1.68. The first-order valence-electron chi connectivity index (χ1n) is 4.09. The Balaban J connectivity index is 2.65. The summed E-state index contributed by atoms with van der Waals surface area (Å²) in [5.41, 5.74) is 5.92. The van der Waals surface area contributed by atoms with Crippen LogP contribution in [0.4, 0.5) is 0 Å². The standard InChI is InChI=1S/C9H9Cl3N2O/c10-9(11,12)8(13)14-7(15)6-4-2-1-3-5-6/h1-5,8H,13H2,(H,14,15). The van der Waals surface area contributed by atoms with E-state index >= 15 is 0 Å². The Morgan fingerprint density at radius 3 is 2.27 bits per heavy atom. The van der Waals surface area contributed by atoms with Gasteiger partial charge in [0, 0.05) is 5.56 Å². The van der Waals surface area contributed by atoms with E-state index in [1.165, 1.54) is 0 Å². The van der Waals surface area contributed by atoms with Crippen LogP contribution in [0.3, 0.4) is 0 Å². The maximum atomic E-state index is 11.5. The lowest BCUT2D eigenvalue weighted by atomic mass is 10.2. The van der Waals surface area contributed by atoms with Crippen LogP contribution >= 0.6 is 34.8 Å². The molecule has 1 atom stereocenters. The van der Waals surface area contributed by atoms with Crippen molar-refractivity contribution in [2.24, 2.45) is 5.73 Å². The molecule has 0 aromatic heterocycles. The average Bonchev–Trinajstić information content (AvgIpc) is 2.17. The van der Waals surface area contributed by atoms with E-state index in [0.717, 1.165) is 0 Å². The zero-order chi connectivity index (χ0) is 11.5. The number of nitrogens with two attached hydrogens (primary N) is 1. The number of carbonyl (C=O) groups excluding carboxylic acids is 1. The van der Waals surface area contributed by atoms with Gasteiger partial charge in [0.15, 0.2) is 0 Å². The molecule has 0 aliphatic rings. The Hall–Kier alpha value is -0.480. The summed E-state index contributed by atoms with van der Waals surface area (Å²) in [6, 6.07) is 8.54. The molecular weight excluding hydrogens is 258 g/mol. The number of hydrogen-bond donors (Lipinski definition) is 2. The van der Waals surface area contributed by atoms with Crippen molar-refractivity contribution in [3.8, 4) is 0 Å². The number of rotatable bonds is 2. The molecule has 0 saturated carbocycles. The highest BCUT2D eigenvalue weighted by Gasteiger charge is 2.30. The molecule has 0 bridgehead atoms. The molecule has 0 heterocycles. The molecule has 3 N–H and O–H groups in total. The largest absolute Gasteiger partial charge is 0.333 e. The van der Waals surface area contributed by atoms with Crippen LogP contribution in [0.1, 0.15) is 10.4 Å². The van der Waals surface area contributed by atoms with Crippen LogP contribution in [0, 0.1) is 0 Å². The summed E-state index contributed by atoms with van der Waals surface area (Å²) < 4.78 is -1.72. The summed E-state index contributed by atoms with van der Waals surface area (Å²) in [6.07, 6.45) is -1.05. The van der Waals surface area contributed by atoms with Crippen molar-refractivity contribution in [2.75, 3.05) is 0 Å². The van der Waals surface area contributed by atoms with Crippen LogP contribution in [-0.2, 0) is 0 Å². The molecule has 82 valence electrons. The molecule has 0 fully saturated rings. The second kappa shape index (κ2) is 5.03. The third-order valence-corrected chi connectivity index (χ3v) is 2.38. The summed E-state index contributed by atoms with van der Waals surface area (Å²) in [5, 5.41) is 2.38. The lowest BCUT2D eigenvalue weighted by molar-refractivity contribution is 0.0938. The van der Waals surface area contributed by atoms with Gasteiger partial charge in [-0.05, 0) is 12.1 Å². The van der Waals surface area contributed by atoms with E-state index in [1.54, 1.807) is 30.3 Å². The fraction of sp³-hybridized carbons (Fsp3) is 0.222. The minimum atomic E-state index is -1.72. The molecule has 6 heteroatoms. The summed E-state index contributed by atoms with van der Waals surface area (Å²) in [7, 11) is 0. The number of halogens is 3. The van der Waals surface area contributed by atoms with E-state index in [1.807, 2.05) is 0 Å². The number of nitrogens with one attached hydrogen (secondary N) is 1. The Morgan fingerprint density at radius 1 is 1.27 bits per heavy atom. The molecule has 3 nitrogen and oxygen atoms in total. The van der Waals surface area contributed by atoms with Crippen LogP contribution < -0.4 is 11.1 Å². The fourth-order valence-electron chi connectivity index (χ4n) is 0.896. The molecule has 1 aromatic carbocycles. The smallest absolute Gasteiger partial charge is 0.252 e. The zero-order valence-electron chi connectivity index (χ0n) is 7.58. The number of alkyl halides is 3. The molecule has 0 saturated heterocycles. The Bertz CT molecular complexity index is 337. The van der Waals surface area contributed by atoms with Gasteiger partial charge in [0.1, 0.15) is 6.17 Å². The maximum absolute atomic E-state index is 11.5. The SMILES string of the molecule is NC(NC(=O)c1ccccc1)C(Cl)(Cl)Cl. The number of carbonyl (C=O) groups is 1. The number of hydrogen-bond acceptors (Lipinski definition) is 2. The van der Waals surface area contributed by atoms with E-state index in [4.69, 9.17) is 40.5 Å². The second-order valence-electron chi connectivity index (χ2n) is 2.86. The molecule has 1 amide bonds. The summed E-state index contributed by atoms with van der Waals surface area (Å²) >= 11 is 16.5. The van der Waals surface area contributed by atoms with Gasteiger partial charge < -0.3 is 11.1 Å². The van der Waals surface area contributed by atoms with Crippen LogP contribution in [0.5, 0.6) is 0 Å². The predicted octanol–water partition coefficient (Wildman–Crippen LogP) is 2.07. The highest BCUT2D eigenvalue weighted by Crippen LogP contribution is 2.27. The van der Waals surface area contributed by atoms with Crippen molar-refractivity contribution < 1.29 is 4.79 Å². The van der Waals surface area contributed by atoms with Gasteiger partial charge in [-0.3, -0.25) is 4.79 Å². The molecule has 1 unspecified atom stereocenters. The van der Waals surface area contributed by atoms with E-state index < -0.39 is 9.96 Å². The van der Waals surface area contributed by atoms with Gasteiger partial charge in [-0.15, -0.1) is 0 Å². The minimum absolute atomic E-state index is 0.380. The quantitative estimate of drug-likeness (QED) is 0.637. The number of benzene rings is 1. The van der Waals surface area contributed by atoms with Gasteiger partial charge in [0.25, 0.3) is 5.91 Å². The van der Waals surface area contributed by atoms with Crippen LogP contribution in [0.25, 0.3) is 0 Å². The summed E-state index contributed by atoms with van der Waals surface area (Å²) in [5.74, 6) is -0.380. The topological polar surface area (TPSA) is 55.1 Å². The first-order chi connectivity index (χ1) is 6.91. The van der Waals surface area contributed by atoms with Crippen molar-refractivity contribution in [1.82, 2.24) is 5.32 Å². The van der Waals surface area contributed by atoms with E-state index in [0.29, 0.717) is 5.56 Å². The van der Waals surface area contributed by atoms with Gasteiger partial charge in [-0.25, -0.2) is 0 Å². The van der Waals surface area contributed by atoms with Gasteiger partial charge >= 0.3 is 0 Å².